The molecule has 0 bridgehead atoms. The number of amides is 2. The van der Waals surface area contributed by atoms with Crippen molar-refractivity contribution in [1.29, 1.82) is 0 Å². The molecule has 0 spiro atoms. The number of aliphatic hydroxyl groups excluding tert-OH is 2. The Balaban J connectivity index is 1.66. The van der Waals surface area contributed by atoms with Gasteiger partial charge in [0.2, 0.25) is 11.8 Å². The third-order valence-corrected chi connectivity index (χ3v) is 7.30. The van der Waals surface area contributed by atoms with Crippen LogP contribution in [0.2, 0.25) is 0 Å². The second-order valence-corrected chi connectivity index (χ2v) is 11.2. The number of likely N-dealkylation sites (tertiary alicyclic amines) is 1. The molecule has 2 heterocycles. The van der Waals surface area contributed by atoms with Crippen molar-refractivity contribution in [3.05, 3.63) is 41.0 Å². The minimum Gasteiger partial charge on any atom is -0.391 e. The van der Waals surface area contributed by atoms with E-state index in [9.17, 15) is 19.8 Å². The lowest BCUT2D eigenvalue weighted by atomic mass is 9.85. The molecule has 4 N–H and O–H groups in total. The summed E-state index contributed by atoms with van der Waals surface area (Å²) in [4.78, 5) is 33.5. The summed E-state index contributed by atoms with van der Waals surface area (Å²) < 4.78 is 0. The highest BCUT2D eigenvalue weighted by molar-refractivity contribution is 7.13. The third kappa shape index (κ3) is 6.88. The van der Waals surface area contributed by atoms with E-state index in [1.807, 2.05) is 64.4 Å². The molecule has 1 aromatic heterocycles. The van der Waals surface area contributed by atoms with Crippen molar-refractivity contribution >= 4 is 23.2 Å². The van der Waals surface area contributed by atoms with E-state index < -0.39 is 29.8 Å². The Kier molecular flexibility index (Phi) is 9.04. The highest BCUT2D eigenvalue weighted by Crippen LogP contribution is 2.28. The smallest absolute Gasteiger partial charge is 0.243 e. The summed E-state index contributed by atoms with van der Waals surface area (Å²) in [6, 6.07) is 6.52. The van der Waals surface area contributed by atoms with Crippen molar-refractivity contribution in [3.8, 4) is 10.4 Å². The summed E-state index contributed by atoms with van der Waals surface area (Å²) in [6.07, 6.45) is -0.0941. The Morgan fingerprint density at radius 2 is 1.94 bits per heavy atom. The van der Waals surface area contributed by atoms with Crippen LogP contribution in [0.5, 0.6) is 0 Å². The van der Waals surface area contributed by atoms with E-state index in [0.717, 1.165) is 28.1 Å². The lowest BCUT2D eigenvalue weighted by Gasteiger charge is -2.36. The van der Waals surface area contributed by atoms with Crippen LogP contribution in [0.25, 0.3) is 10.4 Å². The molecule has 1 fully saturated rings. The van der Waals surface area contributed by atoms with Crippen molar-refractivity contribution in [3.63, 3.8) is 0 Å². The molecular formula is C26H38N4O4S. The van der Waals surface area contributed by atoms with Crippen LogP contribution in [-0.4, -0.2) is 62.9 Å². The van der Waals surface area contributed by atoms with Gasteiger partial charge in [-0.3, -0.25) is 14.9 Å². The van der Waals surface area contributed by atoms with E-state index in [2.05, 4.69) is 15.6 Å². The number of carbonyl (C=O) groups is 2. The molecule has 0 radical (unpaired) electrons. The average Bonchev–Trinajstić information content (AvgIpc) is 3.40. The summed E-state index contributed by atoms with van der Waals surface area (Å²) in [7, 11) is 0. The topological polar surface area (TPSA) is 115 Å². The van der Waals surface area contributed by atoms with Crippen LogP contribution < -0.4 is 10.6 Å². The zero-order valence-corrected chi connectivity index (χ0v) is 22.1. The predicted octanol–water partition coefficient (Wildman–Crippen LogP) is 2.82. The van der Waals surface area contributed by atoms with Gasteiger partial charge in [-0.05, 0) is 29.9 Å². The van der Waals surface area contributed by atoms with Gasteiger partial charge in [-0.15, -0.1) is 11.3 Å². The molecule has 2 aromatic rings. The summed E-state index contributed by atoms with van der Waals surface area (Å²) >= 11 is 1.59. The Morgan fingerprint density at radius 1 is 1.26 bits per heavy atom. The molecule has 1 aromatic carbocycles. The van der Waals surface area contributed by atoms with Gasteiger partial charge in [0.15, 0.2) is 0 Å². The second kappa shape index (κ2) is 11.6. The van der Waals surface area contributed by atoms with Crippen LogP contribution in [0.1, 0.15) is 58.2 Å². The van der Waals surface area contributed by atoms with Gasteiger partial charge in [0.25, 0.3) is 0 Å². The Labute approximate surface area is 211 Å². The fourth-order valence-electron chi connectivity index (χ4n) is 4.37. The van der Waals surface area contributed by atoms with E-state index >= 15 is 0 Å². The highest BCUT2D eigenvalue weighted by atomic mass is 32.1. The van der Waals surface area contributed by atoms with E-state index in [1.54, 1.807) is 11.3 Å². The number of aryl methyl sites for hydroxylation is 1. The van der Waals surface area contributed by atoms with Crippen LogP contribution in [0, 0.1) is 12.3 Å². The van der Waals surface area contributed by atoms with Gasteiger partial charge < -0.3 is 20.4 Å². The molecule has 8 nitrogen and oxygen atoms in total. The van der Waals surface area contributed by atoms with Gasteiger partial charge in [-0.25, -0.2) is 4.98 Å². The molecule has 1 unspecified atom stereocenters. The summed E-state index contributed by atoms with van der Waals surface area (Å²) in [5, 5.41) is 26.6. The summed E-state index contributed by atoms with van der Waals surface area (Å²) in [5.74, 6) is -0.576. The summed E-state index contributed by atoms with van der Waals surface area (Å²) in [5.41, 5.74) is 4.36. The van der Waals surface area contributed by atoms with Gasteiger partial charge >= 0.3 is 0 Å². The Morgan fingerprint density at radius 3 is 2.51 bits per heavy atom. The minimum absolute atomic E-state index is 0.0952. The number of aliphatic hydroxyl groups is 2. The largest absolute Gasteiger partial charge is 0.391 e. The number of rotatable bonds is 9. The molecule has 4 atom stereocenters. The van der Waals surface area contributed by atoms with Crippen molar-refractivity contribution < 1.29 is 19.8 Å². The SMILES string of the molecule is CCCC(O)N[C@H](C(=O)N1C[C@H](O)C[C@H]1C(=O)NCc1ccc(-c2scnc2C)cc1)C(C)(C)C. The zero-order valence-electron chi connectivity index (χ0n) is 21.2. The monoisotopic (exact) mass is 502 g/mol. The lowest BCUT2D eigenvalue weighted by Crippen LogP contribution is -2.58. The zero-order chi connectivity index (χ0) is 25.8. The molecule has 3 rings (SSSR count). The van der Waals surface area contributed by atoms with Gasteiger partial charge in [0.1, 0.15) is 12.3 Å². The Hall–Kier alpha value is -2.33. The van der Waals surface area contributed by atoms with Crippen LogP contribution in [0.4, 0.5) is 0 Å². The third-order valence-electron chi connectivity index (χ3n) is 6.33. The quantitative estimate of drug-likeness (QED) is 0.392. The van der Waals surface area contributed by atoms with E-state index in [1.165, 1.54) is 4.90 Å². The molecule has 2 amide bonds. The molecular weight excluding hydrogens is 464 g/mol. The number of nitrogens with zero attached hydrogens (tertiary/aromatic N) is 2. The number of hydrogen-bond acceptors (Lipinski definition) is 7. The van der Waals surface area contributed by atoms with E-state index in [4.69, 9.17) is 0 Å². The number of hydrogen-bond donors (Lipinski definition) is 4. The molecule has 1 saturated heterocycles. The normalized spacial score (nSPS) is 20.0. The minimum atomic E-state index is -0.815. The van der Waals surface area contributed by atoms with Crippen LogP contribution in [0.15, 0.2) is 29.8 Å². The van der Waals surface area contributed by atoms with Crippen molar-refractivity contribution in [2.24, 2.45) is 5.41 Å². The lowest BCUT2D eigenvalue weighted by molar-refractivity contribution is -0.143. The average molecular weight is 503 g/mol. The van der Waals surface area contributed by atoms with Gasteiger partial charge in [0, 0.05) is 19.5 Å². The maximum Gasteiger partial charge on any atom is 0.243 e. The number of nitrogens with one attached hydrogen (secondary N) is 2. The molecule has 35 heavy (non-hydrogen) atoms. The molecule has 1 aliphatic rings. The number of benzene rings is 1. The maximum absolute atomic E-state index is 13.5. The van der Waals surface area contributed by atoms with E-state index in [-0.39, 0.29) is 24.8 Å². The first-order valence-electron chi connectivity index (χ1n) is 12.2. The van der Waals surface area contributed by atoms with Crippen LogP contribution in [0.3, 0.4) is 0 Å². The highest BCUT2D eigenvalue weighted by Gasteiger charge is 2.44. The molecule has 0 saturated carbocycles. The fourth-order valence-corrected chi connectivity index (χ4v) is 5.18. The van der Waals surface area contributed by atoms with Gasteiger partial charge in [-0.1, -0.05) is 58.4 Å². The fraction of sp³-hybridized carbons (Fsp3) is 0.577. The summed E-state index contributed by atoms with van der Waals surface area (Å²) in [6.45, 7) is 10.1. The molecule has 9 heteroatoms. The van der Waals surface area contributed by atoms with Gasteiger partial charge in [-0.2, -0.15) is 0 Å². The predicted molar refractivity (Wildman–Crippen MR) is 138 cm³/mol. The maximum atomic E-state index is 13.5. The second-order valence-electron chi connectivity index (χ2n) is 10.3. The molecule has 192 valence electrons. The standard InChI is InChI=1S/C26H38N4O4S/c1-6-7-21(32)29-23(26(3,4)5)25(34)30-14-19(31)12-20(30)24(33)27-13-17-8-10-18(11-9-17)22-16(2)28-15-35-22/h8-11,15,19-21,23,29,31-32H,6-7,12-14H2,1-5H3,(H,27,33)/t19-,20+,21?,23-/m1/s1. The van der Waals surface area contributed by atoms with Crippen molar-refractivity contribution in [2.75, 3.05) is 6.54 Å². The number of thiazole rings is 1. The first-order valence-corrected chi connectivity index (χ1v) is 13.1. The van der Waals surface area contributed by atoms with Gasteiger partial charge in [0.05, 0.1) is 28.2 Å². The van der Waals surface area contributed by atoms with Crippen LogP contribution in [-0.2, 0) is 16.1 Å². The molecule has 0 aliphatic carbocycles. The Bertz CT molecular complexity index is 1000. The van der Waals surface area contributed by atoms with Crippen LogP contribution >= 0.6 is 11.3 Å². The number of β-amino-alcohol motifs (C(OH)–C–C–N with tert-alkyl or cyclic N) is 1. The molecule has 1 aliphatic heterocycles. The first-order chi connectivity index (χ1) is 16.5. The number of carbonyl (C=O) groups excluding carboxylic acids is 2. The van der Waals surface area contributed by atoms with Crippen molar-refractivity contribution in [2.45, 2.75) is 84.8 Å². The first kappa shape index (κ1) is 27.3. The van der Waals surface area contributed by atoms with E-state index in [0.29, 0.717) is 13.0 Å². The van der Waals surface area contributed by atoms with Crippen molar-refractivity contribution in [1.82, 2.24) is 20.5 Å². The number of aromatic nitrogens is 1.